The fraction of sp³-hybridized carbons (Fsp3) is 0.263. The van der Waals surface area contributed by atoms with Crippen molar-refractivity contribution in [3.63, 3.8) is 0 Å². The lowest BCUT2D eigenvalue weighted by Crippen LogP contribution is -2.23. The van der Waals surface area contributed by atoms with Crippen molar-refractivity contribution < 1.29 is 18.7 Å². The molecule has 0 saturated heterocycles. The van der Waals surface area contributed by atoms with Gasteiger partial charge in [-0.3, -0.25) is 9.59 Å². The maximum absolute atomic E-state index is 15.6. The Labute approximate surface area is 279 Å². The maximum atomic E-state index is 15.6. The first-order valence-electron chi connectivity index (χ1n) is 16.0. The Hall–Kier alpha value is -4.93. The van der Waals surface area contributed by atoms with Gasteiger partial charge in [-0.1, -0.05) is 67.7 Å². The molecule has 3 aromatic carbocycles. The molecule has 0 saturated carbocycles. The standard InChI is InChI=1S/C38H39FN4O4Si/c1-24-12-14-31-28(18-24)36(45)34(25(2)42(31)3)32(44)20-26-13-15-33(30(39)19-26)47-38-35-29(27-10-8-7-9-11-27)21-43(37(35)40-22-41-38)23-46-16-17-48(4,5)6/h7-15,18-19,21-22H,16-17,20,23H2,1-6H3. The zero-order valence-electron chi connectivity index (χ0n) is 28.1. The minimum Gasteiger partial charge on any atom is -0.435 e. The number of benzene rings is 3. The number of nitrogens with zero attached hydrogens (tertiary/aromatic N) is 4. The van der Waals surface area contributed by atoms with Gasteiger partial charge in [-0.05, 0) is 55.3 Å². The van der Waals surface area contributed by atoms with Crippen molar-refractivity contribution in [1.82, 2.24) is 19.1 Å². The van der Waals surface area contributed by atoms with E-state index < -0.39 is 13.9 Å². The third-order valence-corrected chi connectivity index (χ3v) is 10.3. The van der Waals surface area contributed by atoms with Gasteiger partial charge in [0, 0.05) is 51.0 Å². The van der Waals surface area contributed by atoms with Gasteiger partial charge < -0.3 is 18.6 Å². The molecule has 0 aliphatic rings. The second kappa shape index (κ2) is 13.3. The van der Waals surface area contributed by atoms with Crippen molar-refractivity contribution in [1.29, 1.82) is 0 Å². The van der Waals surface area contributed by atoms with E-state index in [9.17, 15) is 9.59 Å². The summed E-state index contributed by atoms with van der Waals surface area (Å²) in [7, 11) is 0.578. The summed E-state index contributed by atoms with van der Waals surface area (Å²) in [6.45, 7) is 11.5. The Kier molecular flexibility index (Phi) is 9.13. The molecule has 0 amide bonds. The molecule has 0 N–H and O–H groups in total. The van der Waals surface area contributed by atoms with Crippen molar-refractivity contribution in [2.45, 2.75) is 52.7 Å². The van der Waals surface area contributed by atoms with Gasteiger partial charge in [-0.25, -0.2) is 14.4 Å². The van der Waals surface area contributed by atoms with Crippen LogP contribution in [0.15, 0.2) is 84.0 Å². The summed E-state index contributed by atoms with van der Waals surface area (Å²) in [6.07, 6.45) is 3.21. The van der Waals surface area contributed by atoms with Gasteiger partial charge in [0.25, 0.3) is 0 Å². The van der Waals surface area contributed by atoms with Gasteiger partial charge in [0.15, 0.2) is 22.8 Å². The number of hydrogen-bond acceptors (Lipinski definition) is 6. The molecule has 3 heterocycles. The molecule has 0 bridgehead atoms. The molecule has 48 heavy (non-hydrogen) atoms. The van der Waals surface area contributed by atoms with Gasteiger partial charge >= 0.3 is 0 Å². The molecular weight excluding hydrogens is 624 g/mol. The summed E-state index contributed by atoms with van der Waals surface area (Å²) in [4.78, 5) is 35.8. The van der Waals surface area contributed by atoms with Crippen LogP contribution in [0.25, 0.3) is 33.1 Å². The monoisotopic (exact) mass is 662 g/mol. The predicted molar refractivity (Wildman–Crippen MR) is 190 cm³/mol. The van der Waals surface area contributed by atoms with E-state index in [2.05, 4.69) is 29.6 Å². The first-order chi connectivity index (χ1) is 22.9. The molecule has 3 aromatic heterocycles. The molecular formula is C38H39FN4O4Si. The molecule has 0 atom stereocenters. The minimum atomic E-state index is -1.25. The van der Waals surface area contributed by atoms with Gasteiger partial charge in [0.1, 0.15) is 18.7 Å². The summed E-state index contributed by atoms with van der Waals surface area (Å²) in [5.74, 6) is -0.866. The molecule has 0 radical (unpaired) electrons. The Morgan fingerprint density at radius 3 is 2.48 bits per heavy atom. The smallest absolute Gasteiger partial charge is 0.232 e. The van der Waals surface area contributed by atoms with E-state index in [4.69, 9.17) is 9.47 Å². The fourth-order valence-corrected chi connectivity index (χ4v) is 6.62. The largest absolute Gasteiger partial charge is 0.435 e. The normalized spacial score (nSPS) is 11.8. The number of rotatable bonds is 11. The van der Waals surface area contributed by atoms with Crippen molar-refractivity contribution in [2.75, 3.05) is 6.61 Å². The molecule has 6 rings (SSSR count). The van der Waals surface area contributed by atoms with Gasteiger partial charge in [0.2, 0.25) is 5.88 Å². The summed E-state index contributed by atoms with van der Waals surface area (Å²) >= 11 is 0. The third kappa shape index (κ3) is 6.72. The van der Waals surface area contributed by atoms with E-state index in [0.29, 0.717) is 41.0 Å². The van der Waals surface area contributed by atoms with Crippen LogP contribution in [-0.2, 0) is 24.9 Å². The number of fused-ring (bicyclic) bond motifs is 2. The molecule has 0 fully saturated rings. The number of halogens is 1. The Morgan fingerprint density at radius 2 is 1.75 bits per heavy atom. The summed E-state index contributed by atoms with van der Waals surface area (Å²) in [6, 6.07) is 20.9. The first kappa shape index (κ1) is 33.0. The van der Waals surface area contributed by atoms with Crippen LogP contribution in [0.3, 0.4) is 0 Å². The Morgan fingerprint density at radius 1 is 0.979 bits per heavy atom. The summed E-state index contributed by atoms with van der Waals surface area (Å²) < 4.78 is 31.5. The van der Waals surface area contributed by atoms with E-state index in [0.717, 1.165) is 28.3 Å². The SMILES string of the molecule is Cc1ccc2c(c1)c(=O)c(C(=O)Cc1ccc(Oc3ncnc4c3c(-c3ccccc3)cn4COCC[Si](C)(C)C)c(F)c1)c(C)n2C. The number of pyridine rings is 1. The predicted octanol–water partition coefficient (Wildman–Crippen LogP) is 8.24. The number of ether oxygens (including phenoxy) is 2. The van der Waals surface area contributed by atoms with Crippen LogP contribution < -0.4 is 10.2 Å². The molecule has 246 valence electrons. The second-order valence-corrected chi connectivity index (χ2v) is 19.1. The summed E-state index contributed by atoms with van der Waals surface area (Å²) in [5, 5.41) is 1.12. The highest BCUT2D eigenvalue weighted by Crippen LogP contribution is 2.37. The number of carbonyl (C=O) groups is 1. The minimum absolute atomic E-state index is 0.0439. The van der Waals surface area contributed by atoms with Crippen molar-refractivity contribution in [2.24, 2.45) is 7.05 Å². The molecule has 0 aliphatic carbocycles. The van der Waals surface area contributed by atoms with E-state index in [1.807, 2.05) is 71.8 Å². The zero-order valence-corrected chi connectivity index (χ0v) is 29.1. The van der Waals surface area contributed by atoms with Crippen molar-refractivity contribution in [3.8, 4) is 22.8 Å². The van der Waals surface area contributed by atoms with Crippen LogP contribution in [0, 0.1) is 19.7 Å². The first-order valence-corrected chi connectivity index (χ1v) is 19.7. The highest BCUT2D eigenvalue weighted by molar-refractivity contribution is 6.76. The molecule has 10 heteroatoms. The van der Waals surface area contributed by atoms with E-state index in [1.54, 1.807) is 19.1 Å². The van der Waals surface area contributed by atoms with Crippen LogP contribution in [0.4, 0.5) is 4.39 Å². The molecule has 0 aliphatic heterocycles. The van der Waals surface area contributed by atoms with Crippen LogP contribution in [0.1, 0.15) is 27.2 Å². The molecule has 8 nitrogen and oxygen atoms in total. The quantitative estimate of drug-likeness (QED) is 0.0789. The topological polar surface area (TPSA) is 88.2 Å². The Bertz CT molecular complexity index is 2220. The van der Waals surface area contributed by atoms with Crippen LogP contribution in [0.5, 0.6) is 11.6 Å². The zero-order chi connectivity index (χ0) is 34.2. The summed E-state index contributed by atoms with van der Waals surface area (Å²) in [5.41, 5.74) is 4.85. The van der Waals surface area contributed by atoms with Gasteiger partial charge in [-0.2, -0.15) is 0 Å². The number of ketones is 1. The third-order valence-electron chi connectivity index (χ3n) is 8.63. The number of aromatic nitrogens is 4. The number of aryl methyl sites for hydroxylation is 2. The molecule has 0 spiro atoms. The van der Waals surface area contributed by atoms with Crippen LogP contribution in [-0.4, -0.2) is 39.6 Å². The maximum Gasteiger partial charge on any atom is 0.232 e. The highest BCUT2D eigenvalue weighted by Gasteiger charge is 2.22. The van der Waals surface area contributed by atoms with Crippen LogP contribution in [0.2, 0.25) is 25.7 Å². The van der Waals surface area contributed by atoms with E-state index >= 15 is 4.39 Å². The lowest BCUT2D eigenvalue weighted by molar-refractivity contribution is 0.0899. The van der Waals surface area contributed by atoms with Gasteiger partial charge in [-0.15, -0.1) is 0 Å². The van der Waals surface area contributed by atoms with Crippen molar-refractivity contribution >= 4 is 35.8 Å². The lowest BCUT2D eigenvalue weighted by atomic mass is 9.98. The second-order valence-electron chi connectivity index (χ2n) is 13.4. The molecule has 0 unspecified atom stereocenters. The van der Waals surface area contributed by atoms with Gasteiger partial charge in [0.05, 0.1) is 16.5 Å². The number of Topliss-reactive ketones (excluding diaryl/α,β-unsaturated/α-hetero) is 1. The Balaban J connectivity index is 1.29. The van der Waals surface area contributed by atoms with Crippen molar-refractivity contribution in [3.05, 3.63) is 118 Å². The van der Waals surface area contributed by atoms with E-state index in [-0.39, 0.29) is 34.8 Å². The number of carbonyl (C=O) groups excluding carboxylic acids is 1. The lowest BCUT2D eigenvalue weighted by Gasteiger charge is -2.15. The average Bonchev–Trinajstić information content (AvgIpc) is 3.43. The number of hydrogen-bond donors (Lipinski definition) is 0. The average molecular weight is 663 g/mol. The molecule has 6 aromatic rings. The van der Waals surface area contributed by atoms with Crippen LogP contribution >= 0.6 is 0 Å². The van der Waals surface area contributed by atoms with E-state index in [1.165, 1.54) is 18.5 Å². The highest BCUT2D eigenvalue weighted by atomic mass is 28.3. The fourth-order valence-electron chi connectivity index (χ4n) is 5.86.